The summed E-state index contributed by atoms with van der Waals surface area (Å²) in [6.07, 6.45) is 2.47. The van der Waals surface area contributed by atoms with Crippen LogP contribution in [0, 0.1) is 5.92 Å². The van der Waals surface area contributed by atoms with E-state index < -0.39 is 0 Å². The van der Waals surface area contributed by atoms with Gasteiger partial charge in [-0.3, -0.25) is 9.59 Å². The summed E-state index contributed by atoms with van der Waals surface area (Å²) < 4.78 is 0. The third-order valence-corrected chi connectivity index (χ3v) is 3.94. The second kappa shape index (κ2) is 5.15. The molecule has 2 amide bonds. The van der Waals surface area contributed by atoms with Crippen LogP contribution in [-0.2, 0) is 4.79 Å². The van der Waals surface area contributed by atoms with Gasteiger partial charge in [0.15, 0.2) is 0 Å². The van der Waals surface area contributed by atoms with Crippen LogP contribution in [0.25, 0.3) is 0 Å². The van der Waals surface area contributed by atoms with Crippen molar-refractivity contribution in [1.29, 1.82) is 0 Å². The van der Waals surface area contributed by atoms with Gasteiger partial charge in [-0.1, -0.05) is 0 Å². The minimum atomic E-state index is -0.0931. The third-order valence-electron chi connectivity index (χ3n) is 3.94. The van der Waals surface area contributed by atoms with E-state index in [1.54, 1.807) is 29.2 Å². The molecule has 5 nitrogen and oxygen atoms in total. The van der Waals surface area contributed by atoms with E-state index in [-0.39, 0.29) is 18.4 Å². The first-order valence-electron chi connectivity index (χ1n) is 7.06. The van der Waals surface area contributed by atoms with Gasteiger partial charge in [-0.15, -0.1) is 0 Å². The molecule has 1 aromatic rings. The van der Waals surface area contributed by atoms with E-state index in [2.05, 4.69) is 0 Å². The Morgan fingerprint density at radius 1 is 1.20 bits per heavy atom. The van der Waals surface area contributed by atoms with E-state index in [1.165, 1.54) is 12.8 Å². The molecule has 2 N–H and O–H groups in total. The predicted molar refractivity (Wildman–Crippen MR) is 76.1 cm³/mol. The lowest BCUT2D eigenvalue weighted by Crippen LogP contribution is -2.52. The number of nitrogens with zero attached hydrogens (tertiary/aromatic N) is 2. The van der Waals surface area contributed by atoms with Crippen molar-refractivity contribution in [2.24, 2.45) is 5.92 Å². The van der Waals surface area contributed by atoms with Gasteiger partial charge in [0.1, 0.15) is 6.54 Å². The lowest BCUT2D eigenvalue weighted by Gasteiger charge is -2.34. The highest BCUT2D eigenvalue weighted by Gasteiger charge is 2.31. The number of carbonyl (C=O) groups is 2. The largest absolute Gasteiger partial charge is 0.399 e. The average Bonchev–Trinajstić information content (AvgIpc) is 3.25. The average molecular weight is 273 g/mol. The SMILES string of the molecule is Nc1ccc(C(=O)N2CCN(CC3CC3)C(=O)C2)cc1. The maximum absolute atomic E-state index is 12.3. The molecule has 5 heteroatoms. The summed E-state index contributed by atoms with van der Waals surface area (Å²) in [6.45, 7) is 2.32. The lowest BCUT2D eigenvalue weighted by molar-refractivity contribution is -0.135. The molecule has 1 heterocycles. The minimum Gasteiger partial charge on any atom is -0.399 e. The second-order valence-corrected chi connectivity index (χ2v) is 5.63. The van der Waals surface area contributed by atoms with Crippen molar-refractivity contribution in [1.82, 2.24) is 9.80 Å². The van der Waals surface area contributed by atoms with Crippen LogP contribution in [0.4, 0.5) is 5.69 Å². The van der Waals surface area contributed by atoms with Gasteiger partial charge >= 0.3 is 0 Å². The monoisotopic (exact) mass is 273 g/mol. The predicted octanol–water partition coefficient (Wildman–Crippen LogP) is 0.963. The van der Waals surface area contributed by atoms with Crippen LogP contribution in [0.3, 0.4) is 0 Å². The molecule has 0 spiro atoms. The van der Waals surface area contributed by atoms with Gasteiger partial charge in [0, 0.05) is 30.9 Å². The minimum absolute atomic E-state index is 0.0620. The molecule has 1 aromatic carbocycles. The molecule has 0 radical (unpaired) electrons. The molecule has 1 aliphatic carbocycles. The van der Waals surface area contributed by atoms with Crippen molar-refractivity contribution in [3.05, 3.63) is 29.8 Å². The van der Waals surface area contributed by atoms with Gasteiger partial charge < -0.3 is 15.5 Å². The zero-order chi connectivity index (χ0) is 14.1. The number of piperazine rings is 1. The zero-order valence-corrected chi connectivity index (χ0v) is 11.4. The number of nitrogen functional groups attached to an aromatic ring is 1. The Kier molecular flexibility index (Phi) is 3.34. The zero-order valence-electron chi connectivity index (χ0n) is 11.4. The molecule has 2 fully saturated rings. The normalized spacial score (nSPS) is 19.3. The van der Waals surface area contributed by atoms with Gasteiger partial charge in [0.05, 0.1) is 0 Å². The van der Waals surface area contributed by atoms with Crippen LogP contribution in [0.1, 0.15) is 23.2 Å². The lowest BCUT2D eigenvalue weighted by atomic mass is 10.1. The fourth-order valence-corrected chi connectivity index (χ4v) is 2.50. The summed E-state index contributed by atoms with van der Waals surface area (Å²) in [5, 5.41) is 0. The number of rotatable bonds is 3. The third kappa shape index (κ3) is 2.76. The van der Waals surface area contributed by atoms with Crippen molar-refractivity contribution in [3.63, 3.8) is 0 Å². The maximum atomic E-state index is 12.3. The number of nitrogens with two attached hydrogens (primary N) is 1. The summed E-state index contributed by atoms with van der Waals surface area (Å²) in [7, 11) is 0. The molecule has 0 bridgehead atoms. The Morgan fingerprint density at radius 3 is 2.50 bits per heavy atom. The van der Waals surface area contributed by atoms with Gasteiger partial charge in [-0.25, -0.2) is 0 Å². The van der Waals surface area contributed by atoms with Crippen LogP contribution >= 0.6 is 0 Å². The molecule has 1 saturated carbocycles. The van der Waals surface area contributed by atoms with Gasteiger partial charge in [-0.05, 0) is 43.0 Å². The standard InChI is InChI=1S/C15H19N3O2/c16-13-5-3-12(4-6-13)15(20)18-8-7-17(14(19)10-18)9-11-1-2-11/h3-6,11H,1-2,7-10,16H2. The molecule has 1 saturated heterocycles. The first-order chi connectivity index (χ1) is 9.63. The summed E-state index contributed by atoms with van der Waals surface area (Å²) in [5.41, 5.74) is 6.83. The van der Waals surface area contributed by atoms with E-state index >= 15 is 0 Å². The first kappa shape index (κ1) is 13.0. The van der Waals surface area contributed by atoms with E-state index in [4.69, 9.17) is 5.73 Å². The molecule has 0 unspecified atom stereocenters. The Hall–Kier alpha value is -2.04. The Balaban J connectivity index is 1.62. The van der Waals surface area contributed by atoms with Crippen molar-refractivity contribution < 1.29 is 9.59 Å². The topological polar surface area (TPSA) is 66.6 Å². The summed E-state index contributed by atoms with van der Waals surface area (Å²) >= 11 is 0. The molecule has 1 aliphatic heterocycles. The summed E-state index contributed by atoms with van der Waals surface area (Å²) in [5.74, 6) is 0.662. The van der Waals surface area contributed by atoms with Crippen LogP contribution in [-0.4, -0.2) is 47.8 Å². The highest BCUT2D eigenvalue weighted by atomic mass is 16.2. The quantitative estimate of drug-likeness (QED) is 0.834. The molecule has 2 aliphatic rings. The van der Waals surface area contributed by atoms with Crippen molar-refractivity contribution in [2.75, 3.05) is 31.9 Å². The van der Waals surface area contributed by atoms with Crippen molar-refractivity contribution in [2.45, 2.75) is 12.8 Å². The fraction of sp³-hybridized carbons (Fsp3) is 0.467. The van der Waals surface area contributed by atoms with E-state index in [9.17, 15) is 9.59 Å². The van der Waals surface area contributed by atoms with Crippen molar-refractivity contribution >= 4 is 17.5 Å². The van der Waals surface area contributed by atoms with Gasteiger partial charge in [-0.2, -0.15) is 0 Å². The van der Waals surface area contributed by atoms with Gasteiger partial charge in [0.2, 0.25) is 5.91 Å². The van der Waals surface area contributed by atoms with Crippen LogP contribution in [0.5, 0.6) is 0 Å². The first-order valence-corrected chi connectivity index (χ1v) is 7.06. The molecule has 0 atom stereocenters. The van der Waals surface area contributed by atoms with Crippen LogP contribution in [0.2, 0.25) is 0 Å². The molecule has 106 valence electrons. The van der Waals surface area contributed by atoms with Crippen LogP contribution < -0.4 is 5.73 Å². The number of hydrogen-bond acceptors (Lipinski definition) is 3. The van der Waals surface area contributed by atoms with Crippen molar-refractivity contribution in [3.8, 4) is 0 Å². The maximum Gasteiger partial charge on any atom is 0.254 e. The molecule has 0 aromatic heterocycles. The number of anilines is 1. The molecule has 3 rings (SSSR count). The molecular formula is C15H19N3O2. The van der Waals surface area contributed by atoms with E-state index in [1.807, 2.05) is 4.90 Å². The summed E-state index contributed by atoms with van der Waals surface area (Å²) in [4.78, 5) is 27.9. The molecular weight excluding hydrogens is 254 g/mol. The van der Waals surface area contributed by atoms with Gasteiger partial charge in [0.25, 0.3) is 5.91 Å². The Bertz CT molecular complexity index is 522. The summed E-state index contributed by atoms with van der Waals surface area (Å²) in [6, 6.07) is 6.83. The number of amides is 2. The van der Waals surface area contributed by atoms with E-state index in [0.29, 0.717) is 30.3 Å². The highest BCUT2D eigenvalue weighted by Crippen LogP contribution is 2.30. The Labute approximate surface area is 118 Å². The number of hydrogen-bond donors (Lipinski definition) is 1. The fourth-order valence-electron chi connectivity index (χ4n) is 2.50. The number of benzene rings is 1. The highest BCUT2D eigenvalue weighted by molar-refractivity contribution is 5.97. The smallest absolute Gasteiger partial charge is 0.254 e. The van der Waals surface area contributed by atoms with E-state index in [0.717, 1.165) is 6.54 Å². The second-order valence-electron chi connectivity index (χ2n) is 5.63. The van der Waals surface area contributed by atoms with Crippen LogP contribution in [0.15, 0.2) is 24.3 Å². The molecule has 20 heavy (non-hydrogen) atoms. The number of carbonyl (C=O) groups excluding carboxylic acids is 2. The Morgan fingerprint density at radius 2 is 1.90 bits per heavy atom.